The topological polar surface area (TPSA) is 80.5 Å². The number of hydrogen-bond donors (Lipinski definition) is 2. The number of ether oxygens (including phenoxy) is 1. The monoisotopic (exact) mass is 300 g/mol. The average Bonchev–Trinajstić information content (AvgIpc) is 2.74. The zero-order valence-electron chi connectivity index (χ0n) is 12.8. The molecule has 3 N–H and O–H groups in total. The van der Waals surface area contributed by atoms with Crippen LogP contribution in [0.15, 0.2) is 6.20 Å². The molecule has 1 aromatic rings. The van der Waals surface area contributed by atoms with E-state index in [4.69, 9.17) is 10.5 Å². The Balaban J connectivity index is 2.56. The summed E-state index contributed by atoms with van der Waals surface area (Å²) in [4.78, 5) is 19.1. The Labute approximate surface area is 124 Å². The van der Waals surface area contributed by atoms with E-state index in [-0.39, 0.29) is 6.04 Å². The molecule has 0 saturated heterocycles. The van der Waals surface area contributed by atoms with Crippen molar-refractivity contribution in [2.45, 2.75) is 38.8 Å². The van der Waals surface area contributed by atoms with Crippen molar-refractivity contribution in [2.24, 2.45) is 5.73 Å². The molecule has 0 bridgehead atoms. The number of rotatable bonds is 5. The maximum atomic E-state index is 11.7. The number of alkyl carbamates (subject to hydrolysis) is 1. The zero-order chi connectivity index (χ0) is 15.3. The van der Waals surface area contributed by atoms with Gasteiger partial charge in [-0.1, -0.05) is 0 Å². The van der Waals surface area contributed by atoms with Gasteiger partial charge in [0.25, 0.3) is 0 Å². The van der Waals surface area contributed by atoms with Crippen LogP contribution in [-0.2, 0) is 11.2 Å². The number of amides is 1. The molecule has 6 nitrogen and oxygen atoms in total. The highest BCUT2D eigenvalue weighted by Gasteiger charge is 2.19. The molecule has 7 heteroatoms. The van der Waals surface area contributed by atoms with Gasteiger partial charge in [0, 0.05) is 44.2 Å². The molecule has 0 fully saturated rings. The van der Waals surface area contributed by atoms with E-state index in [2.05, 4.69) is 10.3 Å². The first-order chi connectivity index (χ1) is 9.21. The highest BCUT2D eigenvalue weighted by molar-refractivity contribution is 7.15. The van der Waals surface area contributed by atoms with Crippen LogP contribution in [0.2, 0.25) is 0 Å². The summed E-state index contributed by atoms with van der Waals surface area (Å²) in [6.07, 6.45) is 2.03. The SMILES string of the molecule is CN(C)c1ncc(CC(CN)NC(=O)OC(C)(C)C)s1. The standard InChI is InChI=1S/C13H24N4O2S/c1-13(2,3)19-12(18)16-9(7-14)6-10-8-15-11(20-10)17(4)5/h8-9H,6-7,14H2,1-5H3,(H,16,18). The minimum atomic E-state index is -0.508. The molecule has 1 rings (SSSR count). The fourth-order valence-corrected chi connectivity index (χ4v) is 2.42. The van der Waals surface area contributed by atoms with E-state index in [0.717, 1.165) is 10.0 Å². The summed E-state index contributed by atoms with van der Waals surface area (Å²) in [6.45, 7) is 5.85. The molecule has 1 amide bonds. The average molecular weight is 300 g/mol. The lowest BCUT2D eigenvalue weighted by atomic mass is 10.2. The smallest absolute Gasteiger partial charge is 0.407 e. The number of hydrogen-bond acceptors (Lipinski definition) is 6. The fourth-order valence-electron chi connectivity index (χ4n) is 1.51. The third-order valence-electron chi connectivity index (χ3n) is 2.38. The van der Waals surface area contributed by atoms with Gasteiger partial charge < -0.3 is 20.7 Å². The van der Waals surface area contributed by atoms with Crippen molar-refractivity contribution >= 4 is 22.6 Å². The predicted molar refractivity (Wildman–Crippen MR) is 82.4 cm³/mol. The summed E-state index contributed by atoms with van der Waals surface area (Å²) in [5.41, 5.74) is 5.19. The Bertz CT molecular complexity index is 440. The Morgan fingerprint density at radius 3 is 2.65 bits per heavy atom. The van der Waals surface area contributed by atoms with Crippen LogP contribution in [0.25, 0.3) is 0 Å². The fraction of sp³-hybridized carbons (Fsp3) is 0.692. The number of thiazole rings is 1. The third kappa shape index (κ3) is 5.75. The first kappa shape index (κ1) is 16.7. The molecule has 0 aromatic carbocycles. The minimum absolute atomic E-state index is 0.152. The van der Waals surface area contributed by atoms with Crippen LogP contribution in [0.4, 0.5) is 9.93 Å². The second kappa shape index (κ2) is 6.90. The predicted octanol–water partition coefficient (Wildman–Crippen LogP) is 1.60. The number of nitrogens with zero attached hydrogens (tertiary/aromatic N) is 2. The van der Waals surface area contributed by atoms with Crippen molar-refractivity contribution in [3.05, 3.63) is 11.1 Å². The molecule has 0 aliphatic heterocycles. The van der Waals surface area contributed by atoms with Gasteiger partial charge in [-0.3, -0.25) is 0 Å². The van der Waals surface area contributed by atoms with E-state index in [1.807, 2.05) is 46.0 Å². The highest BCUT2D eigenvalue weighted by atomic mass is 32.1. The second-order valence-corrected chi connectivity index (χ2v) is 6.88. The molecule has 0 saturated carbocycles. The van der Waals surface area contributed by atoms with Gasteiger partial charge in [0.05, 0.1) is 0 Å². The number of carbonyl (C=O) groups excluding carboxylic acids is 1. The van der Waals surface area contributed by atoms with Gasteiger partial charge in [0.1, 0.15) is 5.60 Å². The zero-order valence-corrected chi connectivity index (χ0v) is 13.6. The largest absolute Gasteiger partial charge is 0.444 e. The number of nitrogens with two attached hydrogens (primary N) is 1. The number of carbonyl (C=O) groups is 1. The molecule has 1 atom stereocenters. The number of anilines is 1. The van der Waals surface area contributed by atoms with Crippen LogP contribution in [0.1, 0.15) is 25.6 Å². The Kier molecular flexibility index (Phi) is 5.76. The highest BCUT2D eigenvalue weighted by Crippen LogP contribution is 2.21. The summed E-state index contributed by atoms with van der Waals surface area (Å²) in [5.74, 6) is 0. The van der Waals surface area contributed by atoms with E-state index in [0.29, 0.717) is 13.0 Å². The minimum Gasteiger partial charge on any atom is -0.444 e. The molecule has 0 radical (unpaired) electrons. The molecule has 1 heterocycles. The van der Waals surface area contributed by atoms with Crippen LogP contribution in [-0.4, -0.2) is 43.4 Å². The van der Waals surface area contributed by atoms with Crippen LogP contribution in [0.5, 0.6) is 0 Å². The van der Waals surface area contributed by atoms with E-state index in [1.54, 1.807) is 11.3 Å². The third-order valence-corrected chi connectivity index (χ3v) is 3.56. The number of nitrogens with one attached hydrogen (secondary N) is 1. The van der Waals surface area contributed by atoms with Gasteiger partial charge in [-0.15, -0.1) is 11.3 Å². The molecule has 0 aliphatic rings. The Morgan fingerprint density at radius 1 is 1.55 bits per heavy atom. The van der Waals surface area contributed by atoms with Crippen molar-refractivity contribution in [1.82, 2.24) is 10.3 Å². The lowest BCUT2D eigenvalue weighted by Gasteiger charge is -2.22. The molecule has 0 aliphatic carbocycles. The van der Waals surface area contributed by atoms with E-state index >= 15 is 0 Å². The first-order valence-corrected chi connectivity index (χ1v) is 7.34. The summed E-state index contributed by atoms with van der Waals surface area (Å²) < 4.78 is 5.23. The van der Waals surface area contributed by atoms with Gasteiger partial charge in [0.15, 0.2) is 5.13 Å². The maximum Gasteiger partial charge on any atom is 0.407 e. The summed E-state index contributed by atoms with van der Waals surface area (Å²) in [7, 11) is 3.89. The summed E-state index contributed by atoms with van der Waals surface area (Å²) in [5, 5.41) is 3.73. The van der Waals surface area contributed by atoms with Crippen LogP contribution < -0.4 is 16.0 Å². The van der Waals surface area contributed by atoms with Crippen molar-refractivity contribution in [3.63, 3.8) is 0 Å². The van der Waals surface area contributed by atoms with Crippen LogP contribution in [0, 0.1) is 0 Å². The molecular formula is C13H24N4O2S. The van der Waals surface area contributed by atoms with Crippen molar-refractivity contribution < 1.29 is 9.53 Å². The van der Waals surface area contributed by atoms with Crippen molar-refractivity contribution in [2.75, 3.05) is 25.5 Å². The number of aromatic nitrogens is 1. The molecule has 1 aromatic heterocycles. The normalized spacial score (nSPS) is 12.9. The molecule has 0 spiro atoms. The van der Waals surface area contributed by atoms with Gasteiger partial charge in [-0.05, 0) is 20.8 Å². The van der Waals surface area contributed by atoms with Gasteiger partial charge >= 0.3 is 6.09 Å². The lowest BCUT2D eigenvalue weighted by molar-refractivity contribution is 0.0506. The molecular weight excluding hydrogens is 276 g/mol. The first-order valence-electron chi connectivity index (χ1n) is 6.53. The van der Waals surface area contributed by atoms with E-state index in [9.17, 15) is 4.79 Å². The van der Waals surface area contributed by atoms with Gasteiger partial charge in [-0.2, -0.15) is 0 Å². The summed E-state index contributed by atoms with van der Waals surface area (Å²) >= 11 is 1.59. The molecule has 1 unspecified atom stereocenters. The van der Waals surface area contributed by atoms with Crippen molar-refractivity contribution in [3.8, 4) is 0 Å². The van der Waals surface area contributed by atoms with Crippen LogP contribution in [0.3, 0.4) is 0 Å². The van der Waals surface area contributed by atoms with E-state index < -0.39 is 11.7 Å². The molecule has 114 valence electrons. The summed E-state index contributed by atoms with van der Waals surface area (Å²) in [6, 6.07) is -0.152. The Morgan fingerprint density at radius 2 is 2.20 bits per heavy atom. The molecule has 20 heavy (non-hydrogen) atoms. The quantitative estimate of drug-likeness (QED) is 0.863. The van der Waals surface area contributed by atoms with Gasteiger partial charge in [-0.25, -0.2) is 9.78 Å². The Hall–Kier alpha value is -1.34. The van der Waals surface area contributed by atoms with Crippen LogP contribution >= 0.6 is 11.3 Å². The maximum absolute atomic E-state index is 11.7. The van der Waals surface area contributed by atoms with Crippen molar-refractivity contribution in [1.29, 1.82) is 0 Å². The second-order valence-electron chi connectivity index (χ2n) is 5.79. The lowest BCUT2D eigenvalue weighted by Crippen LogP contribution is -2.44. The van der Waals surface area contributed by atoms with Gasteiger partial charge in [0.2, 0.25) is 0 Å². The van der Waals surface area contributed by atoms with E-state index in [1.165, 1.54) is 0 Å².